The van der Waals surface area contributed by atoms with Gasteiger partial charge >= 0.3 is 5.97 Å². The first-order valence-corrected chi connectivity index (χ1v) is 13.5. The van der Waals surface area contributed by atoms with Crippen LogP contribution in [0.2, 0.25) is 0 Å². The van der Waals surface area contributed by atoms with Crippen LogP contribution in [0, 0.1) is 5.92 Å². The van der Waals surface area contributed by atoms with E-state index < -0.39 is 0 Å². The largest absolute Gasteiger partial charge is 0.466 e. The third-order valence-electron chi connectivity index (χ3n) is 4.34. The number of ether oxygens (including phenoxy) is 3. The number of halogens is 81. The molecule has 1 aliphatic carbocycles. The molecule has 2 fully saturated rings. The molecule has 0 spiro atoms. The van der Waals surface area contributed by atoms with Crippen molar-refractivity contribution in [3.63, 3.8) is 0 Å². The lowest BCUT2D eigenvalue weighted by molar-refractivity contribution is -0.150. The lowest BCUT2D eigenvalue weighted by Gasteiger charge is -2.28. The van der Waals surface area contributed by atoms with Crippen LogP contribution in [0.4, 0.5) is 371 Å². The SMILES string of the molecule is CCOC(=O)C1CCC(OC[C@@H]2C[C@H](OC)CN2)CC1.F.FF.FF.FF.FF.FF.FF.FF.FF.FF.FF.FF.FF.FF.FF.FF.FF.FF.FF.FF.FF.FF.FF.FF.FF.FF.FF.FF.FF.FF.FF.FF.FF.FF.FF.FF.FF.FF.FF.FF.FF. The minimum atomic E-state index is -0.0358. The molecule has 1 heterocycles. The molecule has 2 rings (SSSR count). The molecule has 0 aromatic carbocycles. The normalized spacial score (nSPS) is 9.13. The predicted molar refractivity (Wildman–Crippen MR) is 167 cm³/mol. The Morgan fingerprint density at radius 1 is 0.267 bits per heavy atom. The second-order valence-electron chi connectivity index (χ2n) is 5.76. The van der Waals surface area contributed by atoms with Crippen LogP contribution in [0.25, 0.3) is 0 Å². The first-order chi connectivity index (χ1) is 49.7. The van der Waals surface area contributed by atoms with E-state index >= 15 is 0 Å². The van der Waals surface area contributed by atoms with Crippen LogP contribution in [-0.2, 0) is 19.0 Å². The van der Waals surface area contributed by atoms with Crippen molar-refractivity contribution in [2.45, 2.75) is 57.3 Å². The summed E-state index contributed by atoms with van der Waals surface area (Å²) in [5, 5.41) is 3.42. The number of rotatable bonds is 6. The van der Waals surface area contributed by atoms with Gasteiger partial charge in [0.25, 0.3) is 0 Å². The summed E-state index contributed by atoms with van der Waals surface area (Å²) >= 11 is 0. The number of hydrogen-bond donors (Lipinski definition) is 1. The number of hydrogen-bond acceptors (Lipinski definition) is 5. The number of methoxy groups -OCH3 is 1. The Morgan fingerprint density at radius 3 is 0.535 bits per heavy atom. The summed E-state index contributed by atoms with van der Waals surface area (Å²) in [6, 6.07) is 0.405. The second kappa shape index (κ2) is 1880. The van der Waals surface area contributed by atoms with Gasteiger partial charge in [-0.25, -0.2) is 0 Å². The van der Waals surface area contributed by atoms with E-state index in [0.29, 0.717) is 24.9 Å². The van der Waals surface area contributed by atoms with Gasteiger partial charge in [0.1, 0.15) is 0 Å². The quantitative estimate of drug-likeness (QED) is 0.212. The van der Waals surface area contributed by atoms with Gasteiger partial charge < -0.3 is 19.5 Å². The molecule has 101 heavy (non-hydrogen) atoms. The van der Waals surface area contributed by atoms with Crippen molar-refractivity contribution in [1.82, 2.24) is 5.32 Å². The van der Waals surface area contributed by atoms with Crippen molar-refractivity contribution in [2.75, 3.05) is 26.9 Å². The Bertz CT molecular complexity index is 375. The molecule has 0 unspecified atom stereocenters. The maximum absolute atomic E-state index is 11.7. The minimum Gasteiger partial charge on any atom is -0.466 e. The van der Waals surface area contributed by atoms with Crippen LogP contribution in [0.3, 0.4) is 0 Å². The lowest BCUT2D eigenvalue weighted by Crippen LogP contribution is -2.32. The van der Waals surface area contributed by atoms with Crippen LogP contribution in [0.5, 0.6) is 0 Å². The van der Waals surface area contributed by atoms with E-state index in [-0.39, 0.29) is 16.6 Å². The van der Waals surface area contributed by atoms with Gasteiger partial charge in [-0.15, -0.1) is 0 Å². The zero-order valence-corrected chi connectivity index (χ0v) is 43.2. The summed E-state index contributed by atoms with van der Waals surface area (Å²) in [6.45, 7) is 3.99. The summed E-state index contributed by atoms with van der Waals surface area (Å²) in [4.78, 5) is 11.7. The van der Waals surface area contributed by atoms with E-state index in [2.05, 4.69) is 5.32 Å². The lowest BCUT2D eigenvalue weighted by atomic mass is 9.87. The first-order valence-electron chi connectivity index (χ1n) is 13.5. The fourth-order valence-corrected chi connectivity index (χ4v) is 3.07. The maximum Gasteiger partial charge on any atom is 0.308 e. The van der Waals surface area contributed by atoms with Crippen molar-refractivity contribution < 1.29 is 390 Å². The summed E-state index contributed by atoms with van der Waals surface area (Å²) < 4.78 is 656. The summed E-state index contributed by atoms with van der Waals surface area (Å²) in [6.07, 6.45) is 5.35. The highest BCUT2D eigenvalue weighted by Gasteiger charge is 2.29. The summed E-state index contributed by atoms with van der Waals surface area (Å²) in [7, 11) is 1.76. The third kappa shape index (κ3) is 1110. The molecule has 684 valence electrons. The Balaban J connectivity index is -0.0000000106. The molecule has 1 aliphatic heterocycles. The van der Waals surface area contributed by atoms with Gasteiger partial charge in [-0.05, 0) is 39.0 Å². The van der Waals surface area contributed by atoms with Gasteiger partial charge in [0.2, 0.25) is 0 Å². The standard InChI is InChI=1S/C15H27NO4.40F2.FH/c1-3-19-15(17)11-4-6-13(7-5-11)20-10-12-8-14(18-2)9-16-12;40*1-2;/h11-14,16H,3-10H2,1-2H3;;;;;;;;;;;;;;;;;;;;;;;;;;;;;;;;;;;;;;;;;1H/t11?,12-,13?,14-;;;;;;;;;;;;;;;;;;;;;;;;;;;;;;;;;;;;;;;;;/m0........................................./s1. The van der Waals surface area contributed by atoms with E-state index in [4.69, 9.17) is 380 Å². The molecule has 86 heteroatoms. The van der Waals surface area contributed by atoms with Crippen LogP contribution < -0.4 is 5.32 Å². The molecule has 0 amide bonds. The topological polar surface area (TPSA) is 56.8 Å². The highest BCUT2D eigenvalue weighted by molar-refractivity contribution is 5.72. The molecular formula is C15H28F81NO4. The first kappa shape index (κ1) is 278. The average Bonchev–Trinajstić information content (AvgIpc) is 1.84. The smallest absolute Gasteiger partial charge is 0.308 e. The monoisotopic (exact) mass is 1830 g/mol. The number of carbonyl (C=O) groups is 1. The van der Waals surface area contributed by atoms with E-state index in [1.807, 2.05) is 6.92 Å². The molecule has 5 nitrogen and oxygen atoms in total. The van der Waals surface area contributed by atoms with Gasteiger partial charge in [-0.1, -0.05) is 0 Å². The van der Waals surface area contributed by atoms with Crippen molar-refractivity contribution in [2.24, 2.45) is 5.92 Å². The van der Waals surface area contributed by atoms with E-state index in [1.54, 1.807) is 7.11 Å². The Labute approximate surface area is 493 Å². The zero-order chi connectivity index (χ0) is 94.4. The fourth-order valence-electron chi connectivity index (χ4n) is 3.07. The molecule has 0 bridgehead atoms. The van der Waals surface area contributed by atoms with Crippen molar-refractivity contribution in [3.8, 4) is 0 Å². The van der Waals surface area contributed by atoms with Crippen molar-refractivity contribution in [1.29, 1.82) is 0 Å². The highest BCUT2D eigenvalue weighted by atomic mass is 20.1. The molecular weight excluding hydrogens is 1800 g/mol. The van der Waals surface area contributed by atoms with Crippen LogP contribution in [0.1, 0.15) is 39.0 Å². The van der Waals surface area contributed by atoms with E-state index in [9.17, 15) is 4.79 Å². The molecule has 0 aromatic heterocycles. The Kier molecular flexibility index (Phi) is 5180. The van der Waals surface area contributed by atoms with Crippen LogP contribution >= 0.6 is 0 Å². The van der Waals surface area contributed by atoms with Gasteiger partial charge in [0.05, 0.1) is 31.3 Å². The molecule has 0 radical (unpaired) electrons. The minimum absolute atomic E-state index is 0. The zero-order valence-electron chi connectivity index (χ0n) is 43.2. The Hall–Kier alpha value is -6.32. The molecule has 1 N–H and O–H groups in total. The maximum atomic E-state index is 11.7. The van der Waals surface area contributed by atoms with E-state index in [1.165, 1.54) is 0 Å². The van der Waals surface area contributed by atoms with Crippen LogP contribution in [0.15, 0.2) is 0 Å². The van der Waals surface area contributed by atoms with Gasteiger partial charge in [0, 0.05) is 386 Å². The summed E-state index contributed by atoms with van der Waals surface area (Å²) in [5.41, 5.74) is 0. The number of nitrogens with one attached hydrogen (secondary N) is 1. The van der Waals surface area contributed by atoms with Crippen LogP contribution in [-0.4, -0.2) is 51.1 Å². The molecule has 1 saturated carbocycles. The molecule has 2 aliphatic rings. The van der Waals surface area contributed by atoms with E-state index in [0.717, 1.165) is 45.3 Å². The second-order valence-corrected chi connectivity index (χ2v) is 5.76. The number of esters is 1. The predicted octanol–water partition coefficient (Wildman–Crippen LogP) is 35.3. The average molecular weight is 1830 g/mol. The van der Waals surface area contributed by atoms with Crippen molar-refractivity contribution in [3.05, 3.63) is 0 Å². The molecule has 1 saturated heterocycles. The third-order valence-corrected chi connectivity index (χ3v) is 4.34. The van der Waals surface area contributed by atoms with Gasteiger partial charge in [-0.2, -0.15) is 0 Å². The van der Waals surface area contributed by atoms with Gasteiger partial charge in [-0.3, -0.25) is 9.50 Å². The highest BCUT2D eigenvalue weighted by Crippen LogP contribution is 2.27. The molecule has 2 atom stereocenters. The van der Waals surface area contributed by atoms with Gasteiger partial charge in [0.15, 0.2) is 0 Å². The number of carbonyl (C=O) groups excluding carboxylic acids is 1. The fraction of sp³-hybridized carbons (Fsp3) is 0.933. The Morgan fingerprint density at radius 2 is 0.416 bits per heavy atom. The molecule has 0 aromatic rings. The van der Waals surface area contributed by atoms with Crippen molar-refractivity contribution >= 4 is 5.97 Å². The summed E-state index contributed by atoms with van der Waals surface area (Å²) in [5.74, 6) is 0.0450.